The number of anilines is 1. The summed E-state index contributed by atoms with van der Waals surface area (Å²) in [5.74, 6) is -0.452. The van der Waals surface area contributed by atoms with E-state index in [1.807, 2.05) is 4.90 Å². The van der Waals surface area contributed by atoms with Crippen LogP contribution in [0.1, 0.15) is 6.42 Å². The van der Waals surface area contributed by atoms with Gasteiger partial charge in [-0.15, -0.1) is 0 Å². The van der Waals surface area contributed by atoms with Gasteiger partial charge in [0.25, 0.3) is 0 Å². The van der Waals surface area contributed by atoms with Crippen LogP contribution in [0.25, 0.3) is 0 Å². The summed E-state index contributed by atoms with van der Waals surface area (Å²) >= 11 is 0. The van der Waals surface area contributed by atoms with Crippen LogP contribution in [0, 0.1) is 5.92 Å². The molecule has 1 N–H and O–H groups in total. The molecule has 1 aromatic rings. The highest BCUT2D eigenvalue weighted by atomic mass is 32.2. The average molecular weight is 298 g/mol. The topological polar surface area (TPSA) is 75.7 Å². The van der Waals surface area contributed by atoms with E-state index in [1.165, 1.54) is 14.2 Å². The minimum absolute atomic E-state index is 0.203. The summed E-state index contributed by atoms with van der Waals surface area (Å²) in [4.78, 5) is 13.7. The van der Waals surface area contributed by atoms with Gasteiger partial charge in [0.05, 0.1) is 18.7 Å². The molecule has 1 atom stereocenters. The van der Waals surface area contributed by atoms with Crippen LogP contribution in [0.2, 0.25) is 0 Å². The summed E-state index contributed by atoms with van der Waals surface area (Å²) in [5, 5.41) is 0. The average Bonchev–Trinajstić information content (AvgIpc) is 2.96. The molecule has 1 unspecified atom stereocenters. The molecule has 0 bridgehead atoms. The van der Waals surface area contributed by atoms with Crippen molar-refractivity contribution in [3.63, 3.8) is 0 Å². The number of nitrogens with zero attached hydrogens (tertiary/aromatic N) is 1. The Morgan fingerprint density at radius 1 is 1.40 bits per heavy atom. The molecule has 20 heavy (non-hydrogen) atoms. The lowest BCUT2D eigenvalue weighted by atomic mass is 10.1. The van der Waals surface area contributed by atoms with Crippen LogP contribution in [0.3, 0.4) is 0 Å². The molecule has 1 heterocycles. The maximum absolute atomic E-state index is 12.0. The fourth-order valence-electron chi connectivity index (χ4n) is 2.39. The number of benzene rings is 1. The Bertz CT molecular complexity index is 600. The predicted octanol–water partition coefficient (Wildman–Crippen LogP) is 0.594. The van der Waals surface area contributed by atoms with E-state index in [1.54, 1.807) is 24.3 Å². The van der Waals surface area contributed by atoms with Crippen LogP contribution in [0.5, 0.6) is 0 Å². The lowest BCUT2D eigenvalue weighted by molar-refractivity contribution is -0.144. The Hall–Kier alpha value is -1.60. The lowest BCUT2D eigenvalue weighted by Crippen LogP contribution is -2.27. The molecule has 1 aromatic carbocycles. The second kappa shape index (κ2) is 5.80. The Morgan fingerprint density at radius 2 is 2.10 bits per heavy atom. The molecular formula is C13H18N2O4S. The van der Waals surface area contributed by atoms with Crippen molar-refractivity contribution in [2.75, 3.05) is 32.1 Å². The van der Waals surface area contributed by atoms with Gasteiger partial charge in [0, 0.05) is 13.1 Å². The normalized spacial score (nSPS) is 19.1. The minimum atomic E-state index is -3.52. The van der Waals surface area contributed by atoms with Gasteiger partial charge in [0.1, 0.15) is 4.90 Å². The van der Waals surface area contributed by atoms with Gasteiger partial charge in [-0.05, 0) is 25.6 Å². The van der Waals surface area contributed by atoms with Gasteiger partial charge in [-0.25, -0.2) is 13.1 Å². The Morgan fingerprint density at radius 3 is 2.75 bits per heavy atom. The first-order valence-electron chi connectivity index (χ1n) is 6.35. The van der Waals surface area contributed by atoms with Gasteiger partial charge in [-0.3, -0.25) is 4.79 Å². The number of carbonyl (C=O) groups excluding carboxylic acids is 1. The molecule has 1 fully saturated rings. The predicted molar refractivity (Wildman–Crippen MR) is 75.0 cm³/mol. The molecule has 1 aliphatic heterocycles. The van der Waals surface area contributed by atoms with E-state index in [2.05, 4.69) is 4.72 Å². The third-order valence-corrected chi connectivity index (χ3v) is 4.95. The van der Waals surface area contributed by atoms with Crippen LogP contribution in [-0.2, 0) is 19.6 Å². The van der Waals surface area contributed by atoms with Crippen molar-refractivity contribution in [2.45, 2.75) is 11.3 Å². The second-order valence-corrected chi connectivity index (χ2v) is 6.49. The molecule has 0 aromatic heterocycles. The fraction of sp³-hybridized carbons (Fsp3) is 0.462. The number of methoxy groups -OCH3 is 1. The van der Waals surface area contributed by atoms with E-state index in [-0.39, 0.29) is 16.8 Å². The summed E-state index contributed by atoms with van der Waals surface area (Å²) in [6.45, 7) is 1.11. The molecular weight excluding hydrogens is 280 g/mol. The van der Waals surface area contributed by atoms with Crippen LogP contribution < -0.4 is 9.62 Å². The molecule has 1 aliphatic rings. The van der Waals surface area contributed by atoms with Crippen molar-refractivity contribution in [1.82, 2.24) is 4.72 Å². The number of para-hydroxylation sites is 1. The first-order chi connectivity index (χ1) is 9.49. The van der Waals surface area contributed by atoms with Crippen molar-refractivity contribution in [2.24, 2.45) is 5.92 Å². The first-order valence-corrected chi connectivity index (χ1v) is 7.83. The number of hydrogen-bond donors (Lipinski definition) is 1. The standard InChI is InChI=1S/C13H18N2O4S/c1-14-20(17,18)12-6-4-3-5-11(12)15-8-7-10(9-15)13(16)19-2/h3-6,10,14H,7-9H2,1-2H3. The van der Waals surface area contributed by atoms with Crippen LogP contribution in [0.15, 0.2) is 29.2 Å². The second-order valence-electron chi connectivity index (χ2n) is 4.63. The van der Waals surface area contributed by atoms with Crippen LogP contribution in [-0.4, -0.2) is 41.6 Å². The van der Waals surface area contributed by atoms with E-state index in [0.717, 1.165) is 0 Å². The molecule has 2 rings (SSSR count). The smallest absolute Gasteiger partial charge is 0.310 e. The number of rotatable bonds is 4. The van der Waals surface area contributed by atoms with E-state index in [9.17, 15) is 13.2 Å². The zero-order valence-corrected chi connectivity index (χ0v) is 12.3. The summed E-state index contributed by atoms with van der Waals surface area (Å²) in [7, 11) is -0.770. The third-order valence-electron chi connectivity index (χ3n) is 3.49. The van der Waals surface area contributed by atoms with Crippen molar-refractivity contribution in [1.29, 1.82) is 0 Å². The van der Waals surface area contributed by atoms with Crippen molar-refractivity contribution >= 4 is 21.7 Å². The molecule has 0 amide bonds. The van der Waals surface area contributed by atoms with Gasteiger partial charge < -0.3 is 9.64 Å². The van der Waals surface area contributed by atoms with Crippen molar-refractivity contribution in [3.05, 3.63) is 24.3 Å². The maximum Gasteiger partial charge on any atom is 0.310 e. The number of esters is 1. The van der Waals surface area contributed by atoms with Crippen molar-refractivity contribution < 1.29 is 17.9 Å². The van der Waals surface area contributed by atoms with Crippen molar-refractivity contribution in [3.8, 4) is 0 Å². The Balaban J connectivity index is 2.29. The van der Waals surface area contributed by atoms with Crippen LogP contribution >= 0.6 is 0 Å². The Kier molecular flexibility index (Phi) is 4.29. The molecule has 6 nitrogen and oxygen atoms in total. The minimum Gasteiger partial charge on any atom is -0.469 e. The molecule has 1 saturated heterocycles. The number of sulfonamides is 1. The fourth-order valence-corrected chi connectivity index (χ4v) is 3.34. The number of nitrogens with one attached hydrogen (secondary N) is 1. The zero-order valence-electron chi connectivity index (χ0n) is 11.5. The van der Waals surface area contributed by atoms with Crippen LogP contribution in [0.4, 0.5) is 5.69 Å². The van der Waals surface area contributed by atoms with Gasteiger partial charge in [0.2, 0.25) is 10.0 Å². The monoisotopic (exact) mass is 298 g/mol. The van der Waals surface area contributed by atoms with E-state index in [0.29, 0.717) is 25.2 Å². The summed E-state index contributed by atoms with van der Waals surface area (Å²) in [6.07, 6.45) is 0.667. The molecule has 110 valence electrons. The number of ether oxygens (including phenoxy) is 1. The highest BCUT2D eigenvalue weighted by molar-refractivity contribution is 7.89. The number of carbonyl (C=O) groups is 1. The quantitative estimate of drug-likeness (QED) is 0.824. The third kappa shape index (κ3) is 2.78. The van der Waals surface area contributed by atoms with Gasteiger partial charge >= 0.3 is 5.97 Å². The zero-order chi connectivity index (χ0) is 14.8. The summed E-state index contributed by atoms with van der Waals surface area (Å²) < 4.78 is 31.1. The molecule has 7 heteroatoms. The maximum atomic E-state index is 12.0. The van der Waals surface area contributed by atoms with Gasteiger partial charge in [-0.2, -0.15) is 0 Å². The highest BCUT2D eigenvalue weighted by Crippen LogP contribution is 2.30. The van der Waals surface area contributed by atoms with E-state index < -0.39 is 10.0 Å². The first kappa shape index (κ1) is 14.8. The lowest BCUT2D eigenvalue weighted by Gasteiger charge is -2.21. The molecule has 0 aliphatic carbocycles. The highest BCUT2D eigenvalue weighted by Gasteiger charge is 2.31. The molecule has 0 saturated carbocycles. The SMILES string of the molecule is CNS(=O)(=O)c1ccccc1N1CCC(C(=O)OC)C1. The van der Waals surface area contributed by atoms with Gasteiger partial charge in [-0.1, -0.05) is 12.1 Å². The van der Waals surface area contributed by atoms with E-state index >= 15 is 0 Å². The largest absolute Gasteiger partial charge is 0.469 e. The summed E-state index contributed by atoms with van der Waals surface area (Å²) in [5.41, 5.74) is 0.619. The summed E-state index contributed by atoms with van der Waals surface area (Å²) in [6, 6.07) is 6.79. The number of hydrogen-bond acceptors (Lipinski definition) is 5. The van der Waals surface area contributed by atoms with E-state index in [4.69, 9.17) is 4.74 Å². The Labute approximate surface area is 118 Å². The van der Waals surface area contributed by atoms with Gasteiger partial charge in [0.15, 0.2) is 0 Å². The molecule has 0 spiro atoms. The molecule has 0 radical (unpaired) electrons.